The van der Waals surface area contributed by atoms with E-state index in [1.165, 1.54) is 30.2 Å². The molecule has 1 saturated heterocycles. The summed E-state index contributed by atoms with van der Waals surface area (Å²) >= 11 is 0. The molecule has 0 aliphatic carbocycles. The number of rotatable bonds is 3. The lowest BCUT2D eigenvalue weighted by Crippen LogP contribution is -2.34. The lowest BCUT2D eigenvalue weighted by Gasteiger charge is -2.17. The van der Waals surface area contributed by atoms with Crippen LogP contribution in [-0.2, 0) is 0 Å². The van der Waals surface area contributed by atoms with Crippen LogP contribution in [0.5, 0.6) is 5.75 Å². The Balaban J connectivity index is 2.18. The molecule has 1 fully saturated rings. The number of amides is 2. The van der Waals surface area contributed by atoms with Crippen molar-refractivity contribution in [1.82, 2.24) is 4.90 Å². The van der Waals surface area contributed by atoms with Crippen LogP contribution in [0.3, 0.4) is 0 Å². The first kappa shape index (κ1) is 15.1. The van der Waals surface area contributed by atoms with Gasteiger partial charge in [-0.3, -0.25) is 0 Å². The van der Waals surface area contributed by atoms with E-state index in [1.807, 2.05) is 0 Å². The highest BCUT2D eigenvalue weighted by molar-refractivity contribution is 6.00. The molecule has 0 radical (unpaired) electrons. The van der Waals surface area contributed by atoms with Crippen LogP contribution in [0.1, 0.15) is 10.4 Å². The molecule has 0 aromatic heterocycles. The van der Waals surface area contributed by atoms with Crippen LogP contribution < -0.4 is 10.1 Å². The molecule has 21 heavy (non-hydrogen) atoms. The number of anilines is 1. The molecule has 0 saturated carbocycles. The number of hydrogen-bond acceptors (Lipinski definition) is 5. The summed E-state index contributed by atoms with van der Waals surface area (Å²) in [6.07, 6.45) is -2.00. The van der Waals surface area contributed by atoms with Crippen LogP contribution in [0.15, 0.2) is 18.2 Å². The summed E-state index contributed by atoms with van der Waals surface area (Å²) in [5.74, 6) is -0.786. The molecule has 8 nitrogen and oxygen atoms in total. The van der Waals surface area contributed by atoms with E-state index in [0.29, 0.717) is 5.75 Å². The van der Waals surface area contributed by atoms with Gasteiger partial charge in [-0.1, -0.05) is 0 Å². The minimum Gasteiger partial charge on any atom is -0.497 e. The number of methoxy groups -OCH3 is 1. The number of aliphatic hydroxyl groups excluding tert-OH is 2. The highest BCUT2D eigenvalue weighted by atomic mass is 16.5. The number of likely N-dealkylation sites (tertiary alicyclic amines) is 1. The van der Waals surface area contributed by atoms with E-state index in [9.17, 15) is 19.8 Å². The van der Waals surface area contributed by atoms with Crippen molar-refractivity contribution in [3.05, 3.63) is 23.8 Å². The van der Waals surface area contributed by atoms with E-state index in [4.69, 9.17) is 9.84 Å². The number of aromatic carboxylic acids is 1. The van der Waals surface area contributed by atoms with Gasteiger partial charge in [0.1, 0.15) is 5.75 Å². The molecule has 8 heteroatoms. The number of nitrogens with one attached hydrogen (secondary N) is 1. The fourth-order valence-electron chi connectivity index (χ4n) is 2.07. The predicted molar refractivity (Wildman–Crippen MR) is 72.6 cm³/mol. The minimum absolute atomic E-state index is 0.0145. The average molecular weight is 296 g/mol. The fraction of sp³-hybridized carbons (Fsp3) is 0.385. The molecule has 2 atom stereocenters. The Morgan fingerprint density at radius 2 is 1.90 bits per heavy atom. The summed E-state index contributed by atoms with van der Waals surface area (Å²) in [5, 5.41) is 30.4. The van der Waals surface area contributed by atoms with Gasteiger partial charge < -0.3 is 30.3 Å². The Hall–Kier alpha value is -2.32. The third kappa shape index (κ3) is 3.23. The first-order valence-corrected chi connectivity index (χ1v) is 6.25. The minimum atomic E-state index is -1.19. The van der Waals surface area contributed by atoms with Crippen LogP contribution in [0.4, 0.5) is 10.5 Å². The van der Waals surface area contributed by atoms with Crippen LogP contribution in [0.2, 0.25) is 0 Å². The fourth-order valence-corrected chi connectivity index (χ4v) is 2.07. The SMILES string of the molecule is COc1ccc(C(=O)O)c(NC(=O)N2CC(O)C(O)C2)c1. The van der Waals surface area contributed by atoms with Gasteiger partial charge in [-0.15, -0.1) is 0 Å². The summed E-state index contributed by atoms with van der Waals surface area (Å²) in [5.41, 5.74) is 0.00664. The lowest BCUT2D eigenvalue weighted by atomic mass is 10.1. The Morgan fingerprint density at radius 3 is 2.43 bits per heavy atom. The molecule has 0 spiro atoms. The molecule has 1 heterocycles. The first-order chi connectivity index (χ1) is 9.92. The summed E-state index contributed by atoms with van der Waals surface area (Å²) in [6, 6.07) is 3.60. The molecule has 4 N–H and O–H groups in total. The van der Waals surface area contributed by atoms with Gasteiger partial charge in [0.05, 0.1) is 43.7 Å². The van der Waals surface area contributed by atoms with E-state index < -0.39 is 24.2 Å². The summed E-state index contributed by atoms with van der Waals surface area (Å²) < 4.78 is 4.99. The normalized spacial score (nSPS) is 21.2. The zero-order valence-electron chi connectivity index (χ0n) is 11.3. The first-order valence-electron chi connectivity index (χ1n) is 6.25. The Bertz CT molecular complexity index is 552. The van der Waals surface area contributed by atoms with Crippen LogP contribution in [0.25, 0.3) is 0 Å². The van der Waals surface area contributed by atoms with Gasteiger partial charge >= 0.3 is 12.0 Å². The van der Waals surface area contributed by atoms with Crippen molar-refractivity contribution in [2.45, 2.75) is 12.2 Å². The summed E-state index contributed by atoms with van der Waals surface area (Å²) in [4.78, 5) is 24.4. The number of ether oxygens (including phenoxy) is 1. The molecule has 2 unspecified atom stereocenters. The average Bonchev–Trinajstić information content (AvgIpc) is 2.78. The molecular formula is C13H16N2O6. The number of nitrogens with zero attached hydrogens (tertiary/aromatic N) is 1. The number of carboxylic acid groups (broad SMARTS) is 1. The van der Waals surface area contributed by atoms with Crippen LogP contribution >= 0.6 is 0 Å². The van der Waals surface area contributed by atoms with Gasteiger partial charge in [-0.05, 0) is 12.1 Å². The van der Waals surface area contributed by atoms with Gasteiger partial charge in [-0.2, -0.15) is 0 Å². The van der Waals surface area contributed by atoms with Crippen LogP contribution in [-0.4, -0.2) is 64.6 Å². The van der Waals surface area contributed by atoms with Crippen molar-refractivity contribution in [3.8, 4) is 5.75 Å². The maximum Gasteiger partial charge on any atom is 0.337 e. The standard InChI is InChI=1S/C13H16N2O6/c1-21-7-2-3-8(12(18)19)9(4-7)14-13(20)15-5-10(16)11(17)6-15/h2-4,10-11,16-17H,5-6H2,1H3,(H,14,20)(H,18,19). The van der Waals surface area contributed by atoms with Crippen molar-refractivity contribution in [3.63, 3.8) is 0 Å². The zero-order valence-corrected chi connectivity index (χ0v) is 11.3. The van der Waals surface area contributed by atoms with Crippen molar-refractivity contribution in [2.75, 3.05) is 25.5 Å². The lowest BCUT2D eigenvalue weighted by molar-refractivity contribution is 0.0572. The molecule has 2 rings (SSSR count). The molecule has 114 valence electrons. The second-order valence-electron chi connectivity index (χ2n) is 4.69. The molecule has 2 amide bonds. The van der Waals surface area contributed by atoms with E-state index in [0.717, 1.165) is 0 Å². The number of aliphatic hydroxyl groups is 2. The molecular weight excluding hydrogens is 280 g/mol. The molecule has 1 aromatic rings. The van der Waals surface area contributed by atoms with Crippen molar-refractivity contribution in [2.24, 2.45) is 0 Å². The number of hydrogen-bond donors (Lipinski definition) is 4. The number of carbonyl (C=O) groups is 2. The van der Waals surface area contributed by atoms with E-state index >= 15 is 0 Å². The Morgan fingerprint density at radius 1 is 1.29 bits per heavy atom. The third-order valence-electron chi connectivity index (χ3n) is 3.25. The number of carboxylic acids is 1. The monoisotopic (exact) mass is 296 g/mol. The maximum atomic E-state index is 12.0. The molecule has 0 bridgehead atoms. The Kier molecular flexibility index (Phi) is 4.29. The smallest absolute Gasteiger partial charge is 0.337 e. The van der Waals surface area contributed by atoms with Crippen molar-refractivity contribution >= 4 is 17.7 Å². The largest absolute Gasteiger partial charge is 0.497 e. The van der Waals surface area contributed by atoms with Gasteiger partial charge in [0.2, 0.25) is 0 Å². The number of β-amino-alcohol motifs (C(OH)–C–C–N with tert-alkyl or cyclic N) is 2. The van der Waals surface area contributed by atoms with Crippen LogP contribution in [0, 0.1) is 0 Å². The second-order valence-corrected chi connectivity index (χ2v) is 4.69. The molecule has 1 aliphatic rings. The topological polar surface area (TPSA) is 119 Å². The zero-order chi connectivity index (χ0) is 15.6. The van der Waals surface area contributed by atoms with Gasteiger partial charge in [0, 0.05) is 6.07 Å². The highest BCUT2D eigenvalue weighted by Gasteiger charge is 2.32. The number of urea groups is 1. The summed E-state index contributed by atoms with van der Waals surface area (Å²) in [7, 11) is 1.43. The molecule has 1 aliphatic heterocycles. The quantitative estimate of drug-likeness (QED) is 0.621. The van der Waals surface area contributed by atoms with Crippen molar-refractivity contribution < 1.29 is 29.6 Å². The predicted octanol–water partition coefficient (Wildman–Crippen LogP) is -0.0373. The van der Waals surface area contributed by atoms with Gasteiger partial charge in [-0.25, -0.2) is 9.59 Å². The van der Waals surface area contributed by atoms with E-state index in [-0.39, 0.29) is 24.3 Å². The Labute approximate surface area is 120 Å². The highest BCUT2D eigenvalue weighted by Crippen LogP contribution is 2.23. The van der Waals surface area contributed by atoms with E-state index in [1.54, 1.807) is 0 Å². The number of benzene rings is 1. The maximum absolute atomic E-state index is 12.0. The third-order valence-corrected chi connectivity index (χ3v) is 3.25. The van der Waals surface area contributed by atoms with Gasteiger partial charge in [0.25, 0.3) is 0 Å². The number of carbonyl (C=O) groups excluding carboxylic acids is 1. The van der Waals surface area contributed by atoms with E-state index in [2.05, 4.69) is 5.32 Å². The second kappa shape index (κ2) is 5.98. The molecule has 1 aromatic carbocycles. The van der Waals surface area contributed by atoms with Gasteiger partial charge in [0.15, 0.2) is 0 Å². The summed E-state index contributed by atoms with van der Waals surface area (Å²) in [6.45, 7) is -0.0290. The van der Waals surface area contributed by atoms with Crippen molar-refractivity contribution in [1.29, 1.82) is 0 Å².